The van der Waals surface area contributed by atoms with E-state index in [9.17, 15) is 4.79 Å². The molecule has 3 aromatic rings. The summed E-state index contributed by atoms with van der Waals surface area (Å²) < 4.78 is 10.4. The maximum atomic E-state index is 12.2. The smallest absolute Gasteiger partial charge is 0.263 e. The van der Waals surface area contributed by atoms with E-state index in [1.165, 1.54) is 0 Å². The summed E-state index contributed by atoms with van der Waals surface area (Å²) in [4.78, 5) is 19.2. The van der Waals surface area contributed by atoms with Crippen molar-refractivity contribution in [3.8, 4) is 22.9 Å². The fourth-order valence-corrected chi connectivity index (χ4v) is 2.04. The van der Waals surface area contributed by atoms with Gasteiger partial charge < -0.3 is 19.2 Å². The zero-order valence-electron chi connectivity index (χ0n) is 12.7. The Hall–Kier alpha value is -2.38. The highest BCUT2D eigenvalue weighted by Gasteiger charge is 2.15. The van der Waals surface area contributed by atoms with Crippen LogP contribution in [0.1, 0.15) is 12.7 Å². The third-order valence-electron chi connectivity index (χ3n) is 3.38. The number of rotatable bonds is 5. The predicted octanol–water partition coefficient (Wildman–Crippen LogP) is 2.26. The van der Waals surface area contributed by atoms with E-state index in [0.29, 0.717) is 29.3 Å². The lowest BCUT2D eigenvalue weighted by molar-refractivity contribution is 0.418. The number of H-pyrrole nitrogens is 1. The highest BCUT2D eigenvalue weighted by atomic mass is 35.5. The summed E-state index contributed by atoms with van der Waals surface area (Å²) in [5, 5.41) is 6.99. The molecule has 23 heavy (non-hydrogen) atoms. The minimum absolute atomic E-state index is 0. The van der Waals surface area contributed by atoms with Crippen LogP contribution in [0.2, 0.25) is 0 Å². The molecule has 122 valence electrons. The molecule has 0 saturated carbocycles. The molecule has 0 aromatic carbocycles. The molecule has 2 N–H and O–H groups in total. The van der Waals surface area contributed by atoms with Gasteiger partial charge in [-0.3, -0.25) is 4.79 Å². The van der Waals surface area contributed by atoms with Crippen molar-refractivity contribution in [1.29, 1.82) is 0 Å². The normalized spacial score (nSPS) is 11.9. The molecule has 0 saturated heterocycles. The second-order valence-corrected chi connectivity index (χ2v) is 5.00. The Morgan fingerprint density at radius 1 is 1.35 bits per heavy atom. The van der Waals surface area contributed by atoms with Gasteiger partial charge in [0.1, 0.15) is 11.3 Å². The Labute approximate surface area is 138 Å². The molecule has 3 aromatic heterocycles. The van der Waals surface area contributed by atoms with E-state index < -0.39 is 0 Å². The minimum atomic E-state index is -0.300. The number of furan rings is 1. The Kier molecular flexibility index (Phi) is 5.36. The van der Waals surface area contributed by atoms with Gasteiger partial charge in [-0.15, -0.1) is 12.4 Å². The topological polar surface area (TPSA) is 97.0 Å². The Morgan fingerprint density at radius 3 is 2.83 bits per heavy atom. The van der Waals surface area contributed by atoms with Gasteiger partial charge in [-0.2, -0.15) is 4.98 Å². The van der Waals surface area contributed by atoms with E-state index in [0.717, 1.165) is 0 Å². The quantitative estimate of drug-likeness (QED) is 0.741. The SMILES string of the molecule is CNC(C)Cc1noc(-c2ccc(-c3ccco3)[nH]c2=O)n1.Cl. The van der Waals surface area contributed by atoms with Crippen LogP contribution in [-0.4, -0.2) is 28.2 Å². The Bertz CT molecular complexity index is 810. The molecule has 3 heterocycles. The molecule has 1 unspecified atom stereocenters. The number of nitrogens with one attached hydrogen (secondary N) is 2. The number of pyridine rings is 1. The fourth-order valence-electron chi connectivity index (χ4n) is 2.04. The first-order valence-corrected chi connectivity index (χ1v) is 6.95. The maximum absolute atomic E-state index is 12.2. The molecule has 0 aliphatic carbocycles. The monoisotopic (exact) mass is 336 g/mol. The molecule has 0 radical (unpaired) electrons. The fraction of sp³-hybridized carbons (Fsp3) is 0.267. The van der Waals surface area contributed by atoms with Crippen LogP contribution in [0.25, 0.3) is 22.9 Å². The first-order valence-electron chi connectivity index (χ1n) is 6.95. The molecule has 0 aliphatic rings. The summed E-state index contributed by atoms with van der Waals surface area (Å²) in [5.74, 6) is 1.37. The molecule has 0 aliphatic heterocycles. The summed E-state index contributed by atoms with van der Waals surface area (Å²) in [6.07, 6.45) is 2.18. The summed E-state index contributed by atoms with van der Waals surface area (Å²) >= 11 is 0. The van der Waals surface area contributed by atoms with Gasteiger partial charge in [-0.05, 0) is 38.2 Å². The highest BCUT2D eigenvalue weighted by Crippen LogP contribution is 2.19. The lowest BCUT2D eigenvalue weighted by atomic mass is 10.2. The van der Waals surface area contributed by atoms with E-state index in [2.05, 4.69) is 20.4 Å². The van der Waals surface area contributed by atoms with Gasteiger partial charge >= 0.3 is 0 Å². The molecule has 8 heteroatoms. The van der Waals surface area contributed by atoms with Gasteiger partial charge in [-0.1, -0.05) is 5.16 Å². The van der Waals surface area contributed by atoms with Crippen LogP contribution in [0.5, 0.6) is 0 Å². The average Bonchev–Trinajstić information content (AvgIpc) is 3.18. The summed E-state index contributed by atoms with van der Waals surface area (Å²) in [6, 6.07) is 7.15. The predicted molar refractivity (Wildman–Crippen MR) is 87.5 cm³/mol. The standard InChI is InChI=1S/C15H16N4O3.ClH/c1-9(16-2)8-13-18-15(22-19-13)10-5-6-11(17-14(10)20)12-4-3-7-21-12;/h3-7,9,16H,8H2,1-2H3,(H,17,20);1H. The largest absolute Gasteiger partial charge is 0.463 e. The van der Waals surface area contributed by atoms with Gasteiger partial charge in [0.25, 0.3) is 11.4 Å². The number of likely N-dealkylation sites (N-methyl/N-ethyl adjacent to an activating group) is 1. The van der Waals surface area contributed by atoms with Crippen LogP contribution in [0.4, 0.5) is 0 Å². The first-order chi connectivity index (χ1) is 10.7. The second-order valence-electron chi connectivity index (χ2n) is 5.00. The minimum Gasteiger partial charge on any atom is -0.463 e. The average molecular weight is 337 g/mol. The molecule has 3 rings (SSSR count). The Balaban J connectivity index is 0.00000192. The van der Waals surface area contributed by atoms with Crippen LogP contribution >= 0.6 is 12.4 Å². The number of aromatic amines is 1. The zero-order valence-corrected chi connectivity index (χ0v) is 13.5. The van der Waals surface area contributed by atoms with Crippen LogP contribution in [0.15, 0.2) is 44.3 Å². The summed E-state index contributed by atoms with van der Waals surface area (Å²) in [6.45, 7) is 2.01. The van der Waals surface area contributed by atoms with Crippen LogP contribution in [0.3, 0.4) is 0 Å². The van der Waals surface area contributed by atoms with Crippen LogP contribution in [-0.2, 0) is 6.42 Å². The molecule has 0 spiro atoms. The second kappa shape index (κ2) is 7.26. The van der Waals surface area contributed by atoms with Gasteiger partial charge in [0.05, 0.1) is 12.0 Å². The van der Waals surface area contributed by atoms with E-state index in [-0.39, 0.29) is 29.9 Å². The van der Waals surface area contributed by atoms with E-state index in [1.807, 2.05) is 14.0 Å². The third kappa shape index (κ3) is 3.69. The molecule has 1 atom stereocenters. The number of nitrogens with zero attached hydrogens (tertiary/aromatic N) is 2. The van der Waals surface area contributed by atoms with Crippen molar-refractivity contribution in [1.82, 2.24) is 20.4 Å². The first kappa shape index (κ1) is 17.0. The van der Waals surface area contributed by atoms with Gasteiger partial charge in [0.2, 0.25) is 0 Å². The number of aromatic nitrogens is 3. The molecule has 7 nitrogen and oxygen atoms in total. The number of hydrogen-bond donors (Lipinski definition) is 2. The molecule has 0 bridgehead atoms. The van der Waals surface area contributed by atoms with Crippen molar-refractivity contribution in [2.45, 2.75) is 19.4 Å². The van der Waals surface area contributed by atoms with E-state index in [1.54, 1.807) is 30.5 Å². The van der Waals surface area contributed by atoms with Crippen molar-refractivity contribution in [3.05, 3.63) is 46.7 Å². The van der Waals surface area contributed by atoms with Crippen molar-refractivity contribution in [3.63, 3.8) is 0 Å². The van der Waals surface area contributed by atoms with E-state index in [4.69, 9.17) is 8.94 Å². The van der Waals surface area contributed by atoms with Crippen LogP contribution < -0.4 is 10.9 Å². The van der Waals surface area contributed by atoms with E-state index >= 15 is 0 Å². The summed E-state index contributed by atoms with van der Waals surface area (Å²) in [5.41, 5.74) is 0.638. The van der Waals surface area contributed by atoms with Crippen molar-refractivity contribution in [2.75, 3.05) is 7.05 Å². The van der Waals surface area contributed by atoms with Crippen molar-refractivity contribution in [2.24, 2.45) is 0 Å². The van der Waals surface area contributed by atoms with Gasteiger partial charge in [0, 0.05) is 12.5 Å². The summed E-state index contributed by atoms with van der Waals surface area (Å²) in [7, 11) is 1.86. The number of hydrogen-bond acceptors (Lipinski definition) is 6. The molecular weight excluding hydrogens is 320 g/mol. The lowest BCUT2D eigenvalue weighted by Gasteiger charge is -2.04. The molecule has 0 fully saturated rings. The van der Waals surface area contributed by atoms with Crippen molar-refractivity contribution < 1.29 is 8.94 Å². The van der Waals surface area contributed by atoms with Crippen LogP contribution in [0, 0.1) is 0 Å². The zero-order chi connectivity index (χ0) is 15.5. The molecule has 0 amide bonds. The molecular formula is C15H17ClN4O3. The third-order valence-corrected chi connectivity index (χ3v) is 3.38. The van der Waals surface area contributed by atoms with Gasteiger partial charge in [-0.25, -0.2) is 0 Å². The maximum Gasteiger partial charge on any atom is 0.263 e. The Morgan fingerprint density at radius 2 is 2.17 bits per heavy atom. The van der Waals surface area contributed by atoms with Gasteiger partial charge in [0.15, 0.2) is 5.82 Å². The van der Waals surface area contributed by atoms with Crippen molar-refractivity contribution >= 4 is 12.4 Å². The number of halogens is 1. The lowest BCUT2D eigenvalue weighted by Crippen LogP contribution is -2.24. The highest BCUT2D eigenvalue weighted by molar-refractivity contribution is 5.85.